The number of fused-ring (bicyclic) bond motifs is 1. The number of hydrogen-bond acceptors (Lipinski definition) is 5. The average molecular weight is 447 g/mol. The average Bonchev–Trinajstić information content (AvgIpc) is 2.75. The van der Waals surface area contributed by atoms with E-state index in [2.05, 4.69) is 17.2 Å². The lowest BCUT2D eigenvalue weighted by molar-refractivity contribution is 0.103. The number of likely N-dealkylation sites (N-methyl/N-ethyl adjacent to an activating group) is 1. The Kier molecular flexibility index (Phi) is 7.34. The summed E-state index contributed by atoms with van der Waals surface area (Å²) < 4.78 is 48.0. The second-order valence-electron chi connectivity index (χ2n) is 7.69. The van der Waals surface area contributed by atoms with Crippen molar-refractivity contribution in [3.05, 3.63) is 59.4 Å². The number of halogens is 1. The van der Waals surface area contributed by atoms with Crippen molar-refractivity contribution in [1.82, 2.24) is 9.62 Å². The highest BCUT2D eigenvalue weighted by molar-refractivity contribution is 7.89. The normalized spacial score (nSPS) is 21.6. The highest BCUT2D eigenvalue weighted by atomic mass is 32.2. The van der Waals surface area contributed by atoms with Crippen LogP contribution in [0.3, 0.4) is 0 Å². The zero-order valence-electron chi connectivity index (χ0n) is 17.8. The van der Waals surface area contributed by atoms with Crippen LogP contribution in [0.5, 0.6) is 5.75 Å². The molecule has 1 heterocycles. The van der Waals surface area contributed by atoms with Crippen LogP contribution in [-0.4, -0.2) is 56.7 Å². The number of rotatable bonds is 4. The molecule has 6 nitrogen and oxygen atoms in total. The van der Waals surface area contributed by atoms with Gasteiger partial charge in [-0.05, 0) is 44.3 Å². The highest BCUT2D eigenvalue weighted by Crippen LogP contribution is 2.33. The molecule has 3 atom stereocenters. The molecule has 0 unspecified atom stereocenters. The first-order valence-corrected chi connectivity index (χ1v) is 11.6. The summed E-state index contributed by atoms with van der Waals surface area (Å²) >= 11 is 0. The molecule has 0 aromatic heterocycles. The number of hydrogen-bond donors (Lipinski definition) is 2. The van der Waals surface area contributed by atoms with Gasteiger partial charge in [0.2, 0.25) is 10.0 Å². The van der Waals surface area contributed by atoms with Crippen molar-refractivity contribution in [2.24, 2.45) is 5.92 Å². The fraction of sp³-hybridized carbons (Fsp3) is 0.391. The summed E-state index contributed by atoms with van der Waals surface area (Å²) in [6, 6.07) is 10.2. The van der Waals surface area contributed by atoms with Crippen molar-refractivity contribution >= 4 is 10.0 Å². The fourth-order valence-corrected chi connectivity index (χ4v) is 5.28. The summed E-state index contributed by atoms with van der Waals surface area (Å²) in [5.41, 5.74) is 0.766. The summed E-state index contributed by atoms with van der Waals surface area (Å²) in [7, 11) is -2.09. The van der Waals surface area contributed by atoms with E-state index in [1.165, 1.54) is 16.4 Å². The zero-order chi connectivity index (χ0) is 22.6. The highest BCUT2D eigenvalue weighted by Gasteiger charge is 2.37. The van der Waals surface area contributed by atoms with E-state index < -0.39 is 21.9 Å². The molecule has 2 aromatic rings. The van der Waals surface area contributed by atoms with Crippen molar-refractivity contribution in [2.45, 2.75) is 30.9 Å². The minimum absolute atomic E-state index is 0.0252. The van der Waals surface area contributed by atoms with Gasteiger partial charge >= 0.3 is 0 Å². The van der Waals surface area contributed by atoms with Gasteiger partial charge in [0.25, 0.3) is 0 Å². The Morgan fingerprint density at radius 2 is 2.03 bits per heavy atom. The largest absolute Gasteiger partial charge is 0.487 e. The summed E-state index contributed by atoms with van der Waals surface area (Å²) in [4.78, 5) is 0.0252. The molecule has 0 amide bonds. The van der Waals surface area contributed by atoms with E-state index in [0.29, 0.717) is 12.1 Å². The van der Waals surface area contributed by atoms with Crippen LogP contribution in [0.4, 0.5) is 4.39 Å². The number of aliphatic hydroxyl groups is 1. The first kappa shape index (κ1) is 23.2. The van der Waals surface area contributed by atoms with Crippen molar-refractivity contribution in [3.63, 3.8) is 0 Å². The fourth-order valence-electron chi connectivity index (χ4n) is 3.45. The number of nitrogens with one attached hydrogen (secondary N) is 1. The smallest absolute Gasteiger partial charge is 0.247 e. The number of ether oxygens (including phenoxy) is 1. The van der Waals surface area contributed by atoms with Crippen LogP contribution in [0, 0.1) is 23.6 Å². The van der Waals surface area contributed by atoms with Gasteiger partial charge in [-0.15, -0.1) is 0 Å². The van der Waals surface area contributed by atoms with Crippen LogP contribution in [0.15, 0.2) is 47.4 Å². The van der Waals surface area contributed by atoms with Crippen LogP contribution in [0.25, 0.3) is 0 Å². The molecule has 1 aliphatic heterocycles. The molecule has 166 valence electrons. The molecule has 2 aromatic carbocycles. The predicted octanol–water partition coefficient (Wildman–Crippen LogP) is 2.21. The molecule has 1 aliphatic rings. The Balaban J connectivity index is 2.08. The van der Waals surface area contributed by atoms with Gasteiger partial charge in [0, 0.05) is 30.6 Å². The third-order valence-electron chi connectivity index (χ3n) is 5.29. The van der Waals surface area contributed by atoms with Crippen molar-refractivity contribution < 1.29 is 22.7 Å². The molecule has 2 N–H and O–H groups in total. The van der Waals surface area contributed by atoms with Crippen LogP contribution in [0.1, 0.15) is 25.0 Å². The molecule has 0 spiro atoms. The Morgan fingerprint density at radius 3 is 2.71 bits per heavy atom. The van der Waals surface area contributed by atoms with E-state index in [1.54, 1.807) is 44.3 Å². The van der Waals surface area contributed by atoms with Gasteiger partial charge in [0.1, 0.15) is 22.6 Å². The summed E-state index contributed by atoms with van der Waals surface area (Å²) in [6.07, 6.45) is -0.289. The third-order valence-corrected chi connectivity index (χ3v) is 7.31. The molecule has 0 saturated carbocycles. The van der Waals surface area contributed by atoms with Gasteiger partial charge in [0.15, 0.2) is 0 Å². The SMILES string of the molecule is CNC[C@H]1Oc2cc(C#Cc3ccccc3F)ccc2S(=O)(=O)N([C@@H](C)CO)C[C@@H]1C. The Morgan fingerprint density at radius 1 is 1.29 bits per heavy atom. The molecule has 0 saturated heterocycles. The summed E-state index contributed by atoms with van der Waals surface area (Å²) in [6.45, 7) is 4.05. The van der Waals surface area contributed by atoms with E-state index in [4.69, 9.17) is 4.74 Å². The molecular formula is C23H27FN2O4S. The van der Waals surface area contributed by atoms with Crippen LogP contribution in [0.2, 0.25) is 0 Å². The van der Waals surface area contributed by atoms with Crippen LogP contribution < -0.4 is 10.1 Å². The molecule has 31 heavy (non-hydrogen) atoms. The first-order valence-electron chi connectivity index (χ1n) is 10.1. The van der Waals surface area contributed by atoms with Gasteiger partial charge in [-0.25, -0.2) is 12.8 Å². The second-order valence-corrected chi connectivity index (χ2v) is 9.55. The molecule has 0 fully saturated rings. The van der Waals surface area contributed by atoms with Gasteiger partial charge in [-0.2, -0.15) is 4.31 Å². The predicted molar refractivity (Wildman–Crippen MR) is 117 cm³/mol. The maximum absolute atomic E-state index is 13.9. The number of benzene rings is 2. The molecule has 3 rings (SSSR count). The van der Waals surface area contributed by atoms with Crippen molar-refractivity contribution in [1.29, 1.82) is 0 Å². The number of aliphatic hydroxyl groups excluding tert-OH is 1. The lowest BCUT2D eigenvalue weighted by Crippen LogP contribution is -2.49. The van der Waals surface area contributed by atoms with E-state index in [9.17, 15) is 17.9 Å². The molecule has 0 radical (unpaired) electrons. The third kappa shape index (κ3) is 5.08. The Bertz CT molecular complexity index is 1090. The lowest BCUT2D eigenvalue weighted by Gasteiger charge is -2.36. The van der Waals surface area contributed by atoms with E-state index in [0.717, 1.165) is 0 Å². The monoisotopic (exact) mass is 446 g/mol. The number of sulfonamides is 1. The zero-order valence-corrected chi connectivity index (χ0v) is 18.6. The molecule has 8 heteroatoms. The van der Waals surface area contributed by atoms with Crippen molar-refractivity contribution in [2.75, 3.05) is 26.7 Å². The number of nitrogens with zero attached hydrogens (tertiary/aromatic N) is 1. The Labute approximate surface area is 183 Å². The Hall–Kier alpha value is -2.44. The summed E-state index contributed by atoms with van der Waals surface area (Å²) in [5, 5.41) is 12.7. The lowest BCUT2D eigenvalue weighted by atomic mass is 10.0. The van der Waals surface area contributed by atoms with Gasteiger partial charge < -0.3 is 15.2 Å². The van der Waals surface area contributed by atoms with Crippen molar-refractivity contribution in [3.8, 4) is 17.6 Å². The minimum atomic E-state index is -3.90. The summed E-state index contributed by atoms with van der Waals surface area (Å²) in [5.74, 6) is 5.31. The molecular weight excluding hydrogens is 419 g/mol. The van der Waals surface area contributed by atoms with Gasteiger partial charge in [0.05, 0.1) is 12.2 Å². The topological polar surface area (TPSA) is 78.9 Å². The standard InChI is InChI=1S/C23H27FN2O4S/c1-16-14-26(17(2)15-27)31(28,29)23-11-9-18(12-21(23)30-22(16)13-25-3)8-10-19-6-4-5-7-20(19)24/h4-7,9,11-12,16-17,22,25,27H,13-15H2,1-3H3/t16-,17-,22+/m0/s1. The van der Waals surface area contributed by atoms with E-state index >= 15 is 0 Å². The van der Waals surface area contributed by atoms with Crippen LogP contribution in [-0.2, 0) is 10.0 Å². The van der Waals surface area contributed by atoms with Crippen LogP contribution >= 0.6 is 0 Å². The minimum Gasteiger partial charge on any atom is -0.487 e. The van der Waals surface area contributed by atoms with E-state index in [1.807, 2.05) is 6.92 Å². The maximum Gasteiger partial charge on any atom is 0.247 e. The first-order chi connectivity index (χ1) is 14.8. The quantitative estimate of drug-likeness (QED) is 0.704. The van der Waals surface area contributed by atoms with E-state index in [-0.39, 0.29) is 41.4 Å². The maximum atomic E-state index is 13.9. The van der Waals surface area contributed by atoms with Gasteiger partial charge in [-0.1, -0.05) is 30.9 Å². The second kappa shape index (κ2) is 9.79. The molecule has 0 bridgehead atoms. The van der Waals surface area contributed by atoms with Gasteiger partial charge in [-0.3, -0.25) is 0 Å². The molecule has 0 aliphatic carbocycles.